The summed E-state index contributed by atoms with van der Waals surface area (Å²) in [6, 6.07) is 16.9. The van der Waals surface area contributed by atoms with E-state index in [0.717, 1.165) is 40.3 Å². The van der Waals surface area contributed by atoms with E-state index in [1.807, 2.05) is 79.7 Å². The van der Waals surface area contributed by atoms with E-state index in [0.29, 0.717) is 19.6 Å². The molecule has 9 heteroatoms. The Bertz CT molecular complexity index is 1240. The number of likely N-dealkylation sites (tertiary alicyclic amines) is 1. The minimum Gasteiger partial charge on any atom is -0.464 e. The Labute approximate surface area is 254 Å². The average Bonchev–Trinajstić information content (AvgIpc) is 3.02. The summed E-state index contributed by atoms with van der Waals surface area (Å²) in [6.07, 6.45) is 8.62. The van der Waals surface area contributed by atoms with E-state index >= 15 is 0 Å². The van der Waals surface area contributed by atoms with E-state index in [9.17, 15) is 14.4 Å². The molecule has 3 atom stereocenters. The van der Waals surface area contributed by atoms with Gasteiger partial charge in [-0.15, -0.1) is 0 Å². The van der Waals surface area contributed by atoms with Crippen molar-refractivity contribution in [2.75, 3.05) is 19.8 Å². The number of dihydropyridines is 1. The van der Waals surface area contributed by atoms with Gasteiger partial charge in [-0.2, -0.15) is 0 Å². The summed E-state index contributed by atoms with van der Waals surface area (Å²) in [7, 11) is 0. The minimum absolute atomic E-state index is 0.152. The molecule has 0 radical (unpaired) electrons. The highest BCUT2D eigenvalue weighted by molar-refractivity contribution is 6.08. The van der Waals surface area contributed by atoms with Crippen LogP contribution in [0, 0.1) is 5.92 Å². The maximum absolute atomic E-state index is 13.6. The largest absolute Gasteiger partial charge is 0.464 e. The number of carbonyl (C=O) groups is 3. The number of benzene rings is 2. The SMILES string of the molecule is CCCCCCOC(C)NC1=CC(C[C@H]2C(=O)N(C(=O)NC(c3ccccc3)c3ccccc3)C2C(=O)OCC)=CCN1. The number of ether oxygens (including phenoxy) is 2. The third-order valence-electron chi connectivity index (χ3n) is 7.66. The molecule has 43 heavy (non-hydrogen) atoms. The fourth-order valence-corrected chi connectivity index (χ4v) is 5.44. The lowest BCUT2D eigenvalue weighted by molar-refractivity contribution is -0.169. The monoisotopic (exact) mass is 588 g/mol. The summed E-state index contributed by atoms with van der Waals surface area (Å²) >= 11 is 0. The summed E-state index contributed by atoms with van der Waals surface area (Å²) in [6.45, 7) is 7.27. The quantitative estimate of drug-likeness (QED) is 0.114. The zero-order valence-electron chi connectivity index (χ0n) is 25.4. The number of amides is 3. The lowest BCUT2D eigenvalue weighted by Crippen LogP contribution is -2.68. The molecule has 2 heterocycles. The van der Waals surface area contributed by atoms with E-state index in [2.05, 4.69) is 22.9 Å². The first kappa shape index (κ1) is 31.8. The standard InChI is InChI=1S/C34H44N4O5/c1-4-6-7-14-21-43-24(3)36-29-23-25(19-20-35-29)22-28-31(33(40)42-5-2)38(32(28)39)34(41)37-30(26-15-10-8-11-16-26)27-17-12-9-13-18-27/h8-13,15-19,23-24,28,30-31,35-36H,4-7,14,20-22H2,1-3H3,(H,37,41)/t24?,28-,31?/m1/s1. The normalized spacial score (nSPS) is 18.6. The van der Waals surface area contributed by atoms with Crippen molar-refractivity contribution in [1.29, 1.82) is 0 Å². The van der Waals surface area contributed by atoms with Crippen LogP contribution in [0.1, 0.15) is 70.0 Å². The maximum Gasteiger partial charge on any atom is 0.330 e. The van der Waals surface area contributed by atoms with Crippen LogP contribution in [0.5, 0.6) is 0 Å². The van der Waals surface area contributed by atoms with Crippen LogP contribution in [-0.2, 0) is 19.1 Å². The Morgan fingerprint density at radius 3 is 2.30 bits per heavy atom. The van der Waals surface area contributed by atoms with Crippen LogP contribution in [0.4, 0.5) is 4.79 Å². The molecule has 2 aromatic rings. The highest BCUT2D eigenvalue weighted by Gasteiger charge is 2.55. The van der Waals surface area contributed by atoms with Gasteiger partial charge in [0.15, 0.2) is 6.04 Å². The number of imide groups is 1. The van der Waals surface area contributed by atoms with Gasteiger partial charge in [-0.3, -0.25) is 4.79 Å². The van der Waals surface area contributed by atoms with Crippen LogP contribution >= 0.6 is 0 Å². The third kappa shape index (κ3) is 8.47. The van der Waals surface area contributed by atoms with Crippen LogP contribution in [0.2, 0.25) is 0 Å². The number of β-lactam (4-membered cyclic amide) rings is 1. The third-order valence-corrected chi connectivity index (χ3v) is 7.66. The maximum atomic E-state index is 13.6. The second-order valence-electron chi connectivity index (χ2n) is 10.9. The van der Waals surface area contributed by atoms with Gasteiger partial charge >= 0.3 is 12.0 Å². The molecule has 0 saturated carbocycles. The minimum atomic E-state index is -1.01. The number of carbonyl (C=O) groups excluding carboxylic acids is 3. The van der Waals surface area contributed by atoms with Crippen LogP contribution < -0.4 is 16.0 Å². The van der Waals surface area contributed by atoms with Gasteiger partial charge in [-0.25, -0.2) is 14.5 Å². The predicted octanol–water partition coefficient (Wildman–Crippen LogP) is 5.17. The summed E-state index contributed by atoms with van der Waals surface area (Å²) in [5.74, 6) is -0.895. The highest BCUT2D eigenvalue weighted by Crippen LogP contribution is 2.35. The predicted molar refractivity (Wildman–Crippen MR) is 165 cm³/mol. The van der Waals surface area contributed by atoms with Gasteiger partial charge < -0.3 is 25.4 Å². The second kappa shape index (κ2) is 15.9. The molecule has 1 saturated heterocycles. The van der Waals surface area contributed by atoms with Crippen molar-refractivity contribution in [2.45, 2.75) is 71.2 Å². The number of unbranched alkanes of at least 4 members (excludes halogenated alkanes) is 3. The van der Waals surface area contributed by atoms with Gasteiger partial charge in [0, 0.05) is 13.2 Å². The van der Waals surface area contributed by atoms with Crippen molar-refractivity contribution in [2.24, 2.45) is 5.92 Å². The summed E-state index contributed by atoms with van der Waals surface area (Å²) in [5, 5.41) is 9.61. The van der Waals surface area contributed by atoms with Crippen molar-refractivity contribution >= 4 is 17.9 Å². The Kier molecular flexibility index (Phi) is 11.8. The van der Waals surface area contributed by atoms with Gasteiger partial charge in [-0.05, 0) is 49.5 Å². The number of nitrogens with zero attached hydrogens (tertiary/aromatic N) is 1. The summed E-state index contributed by atoms with van der Waals surface area (Å²) < 4.78 is 11.2. The van der Waals surface area contributed by atoms with E-state index < -0.39 is 35.9 Å². The zero-order valence-corrected chi connectivity index (χ0v) is 25.4. The molecule has 0 bridgehead atoms. The van der Waals surface area contributed by atoms with Crippen molar-refractivity contribution in [3.8, 4) is 0 Å². The van der Waals surface area contributed by atoms with E-state index in [4.69, 9.17) is 9.47 Å². The Morgan fingerprint density at radius 1 is 1.00 bits per heavy atom. The number of hydrogen-bond acceptors (Lipinski definition) is 7. The smallest absolute Gasteiger partial charge is 0.330 e. The van der Waals surface area contributed by atoms with Crippen LogP contribution in [0.25, 0.3) is 0 Å². The topological polar surface area (TPSA) is 109 Å². The van der Waals surface area contributed by atoms with Gasteiger partial charge in [0.1, 0.15) is 12.0 Å². The first-order valence-electron chi connectivity index (χ1n) is 15.4. The highest BCUT2D eigenvalue weighted by atomic mass is 16.5. The number of allylic oxidation sites excluding steroid dienone is 2. The lowest BCUT2D eigenvalue weighted by atomic mass is 9.81. The molecule has 1 fully saturated rings. The number of rotatable bonds is 15. The van der Waals surface area contributed by atoms with Gasteiger partial charge in [-0.1, -0.05) is 92.9 Å². The van der Waals surface area contributed by atoms with E-state index in [-0.39, 0.29) is 12.8 Å². The number of hydrogen-bond donors (Lipinski definition) is 3. The van der Waals surface area contributed by atoms with E-state index in [1.54, 1.807) is 6.92 Å². The summed E-state index contributed by atoms with van der Waals surface area (Å²) in [5.41, 5.74) is 2.63. The Morgan fingerprint density at radius 2 is 1.67 bits per heavy atom. The molecule has 0 aliphatic carbocycles. The molecule has 230 valence electrons. The van der Waals surface area contributed by atoms with Crippen LogP contribution in [0.15, 0.2) is 84.2 Å². The molecule has 2 aliphatic rings. The fraction of sp³-hybridized carbons (Fsp3) is 0.441. The summed E-state index contributed by atoms with van der Waals surface area (Å²) in [4.78, 5) is 41.1. The second-order valence-corrected chi connectivity index (χ2v) is 10.9. The zero-order chi connectivity index (χ0) is 30.6. The molecular formula is C34H44N4O5. The first-order valence-corrected chi connectivity index (χ1v) is 15.4. The molecule has 0 aromatic heterocycles. The van der Waals surface area contributed by atoms with Gasteiger partial charge in [0.25, 0.3) is 0 Å². The molecule has 2 aromatic carbocycles. The number of urea groups is 1. The number of esters is 1. The van der Waals surface area contributed by atoms with Crippen molar-refractivity contribution in [1.82, 2.24) is 20.9 Å². The molecule has 4 rings (SSSR count). The lowest BCUT2D eigenvalue weighted by Gasteiger charge is -2.44. The van der Waals surface area contributed by atoms with Crippen molar-refractivity contribution in [3.05, 3.63) is 95.3 Å². The molecule has 0 spiro atoms. The molecule has 3 N–H and O–H groups in total. The van der Waals surface area contributed by atoms with Crippen molar-refractivity contribution < 1.29 is 23.9 Å². The first-order chi connectivity index (χ1) is 20.9. The van der Waals surface area contributed by atoms with Crippen LogP contribution in [0.3, 0.4) is 0 Å². The molecule has 2 aliphatic heterocycles. The average molecular weight is 589 g/mol. The molecule has 9 nitrogen and oxygen atoms in total. The van der Waals surface area contributed by atoms with Crippen LogP contribution in [-0.4, -0.2) is 54.8 Å². The Balaban J connectivity index is 1.43. The van der Waals surface area contributed by atoms with Crippen molar-refractivity contribution in [3.63, 3.8) is 0 Å². The fourth-order valence-electron chi connectivity index (χ4n) is 5.44. The number of nitrogens with one attached hydrogen (secondary N) is 3. The molecule has 2 unspecified atom stereocenters. The van der Waals surface area contributed by atoms with E-state index in [1.165, 1.54) is 12.8 Å². The van der Waals surface area contributed by atoms with Gasteiger partial charge in [0.2, 0.25) is 5.91 Å². The Hall–Kier alpha value is -4.11. The van der Waals surface area contributed by atoms with Gasteiger partial charge in [0.05, 0.1) is 18.6 Å². The molecule has 3 amide bonds. The molecular weight excluding hydrogens is 544 g/mol.